The molecule has 0 unspecified atom stereocenters. The van der Waals surface area contributed by atoms with Crippen molar-refractivity contribution in [3.8, 4) is 0 Å². The molecule has 86 valence electrons. The summed E-state index contributed by atoms with van der Waals surface area (Å²) in [5.41, 5.74) is 0.307. The lowest BCUT2D eigenvalue weighted by Gasteiger charge is -2.07. The first kappa shape index (κ1) is 12.2. The molecule has 2 aromatic rings. The predicted molar refractivity (Wildman–Crippen MR) is 71.7 cm³/mol. The fourth-order valence-electron chi connectivity index (χ4n) is 1.41. The monoisotopic (exact) mass is 308 g/mol. The molecule has 0 atom stereocenters. The molecule has 1 N–H and O–H groups in total. The lowest BCUT2D eigenvalue weighted by Crippen LogP contribution is -1.99. The third-order valence-corrected chi connectivity index (χ3v) is 3.89. The van der Waals surface area contributed by atoms with Gasteiger partial charge in [-0.1, -0.05) is 36.0 Å². The minimum atomic E-state index is -0.920. The van der Waals surface area contributed by atoms with Crippen LogP contribution in [-0.4, -0.2) is 11.1 Å². The van der Waals surface area contributed by atoms with Crippen LogP contribution in [0.1, 0.15) is 10.4 Å². The van der Waals surface area contributed by atoms with Crippen molar-refractivity contribution in [3.63, 3.8) is 0 Å². The standard InChI is InChI=1S/C13H9BrO2S/c14-10-7-4-8-11(12(10)13(15)16)17-9-5-2-1-3-6-9/h1-8H,(H,15,16). The number of hydrogen-bond donors (Lipinski definition) is 1. The maximum absolute atomic E-state index is 11.2. The molecule has 0 amide bonds. The molecular formula is C13H9BrO2S. The van der Waals surface area contributed by atoms with E-state index < -0.39 is 5.97 Å². The number of aromatic carboxylic acids is 1. The normalized spacial score (nSPS) is 10.2. The van der Waals surface area contributed by atoms with Gasteiger partial charge in [0, 0.05) is 14.3 Å². The van der Waals surface area contributed by atoms with Crippen molar-refractivity contribution < 1.29 is 9.90 Å². The number of carboxylic acid groups (broad SMARTS) is 1. The molecule has 2 rings (SSSR count). The summed E-state index contributed by atoms with van der Waals surface area (Å²) in [6.07, 6.45) is 0. The smallest absolute Gasteiger partial charge is 0.338 e. The Bertz CT molecular complexity index is 540. The van der Waals surface area contributed by atoms with Gasteiger partial charge in [-0.05, 0) is 40.2 Å². The van der Waals surface area contributed by atoms with Gasteiger partial charge in [0.1, 0.15) is 0 Å². The van der Waals surface area contributed by atoms with Crippen molar-refractivity contribution in [2.75, 3.05) is 0 Å². The van der Waals surface area contributed by atoms with Gasteiger partial charge in [-0.3, -0.25) is 0 Å². The van der Waals surface area contributed by atoms with Gasteiger partial charge in [-0.2, -0.15) is 0 Å². The second-order valence-electron chi connectivity index (χ2n) is 3.33. The summed E-state index contributed by atoms with van der Waals surface area (Å²) in [6.45, 7) is 0. The second kappa shape index (κ2) is 5.38. The van der Waals surface area contributed by atoms with E-state index in [0.29, 0.717) is 10.0 Å². The van der Waals surface area contributed by atoms with Gasteiger partial charge >= 0.3 is 5.97 Å². The predicted octanol–water partition coefficient (Wildman–Crippen LogP) is 4.30. The Labute approximate surface area is 112 Å². The van der Waals surface area contributed by atoms with Crippen LogP contribution in [0.5, 0.6) is 0 Å². The number of rotatable bonds is 3. The summed E-state index contributed by atoms with van der Waals surface area (Å²) in [5.74, 6) is -0.920. The molecular weight excluding hydrogens is 300 g/mol. The third kappa shape index (κ3) is 2.90. The molecule has 0 saturated heterocycles. The van der Waals surface area contributed by atoms with Crippen molar-refractivity contribution >= 4 is 33.7 Å². The molecule has 2 nitrogen and oxygen atoms in total. The zero-order valence-electron chi connectivity index (χ0n) is 8.76. The summed E-state index contributed by atoms with van der Waals surface area (Å²) in [7, 11) is 0. The highest BCUT2D eigenvalue weighted by Gasteiger charge is 2.14. The summed E-state index contributed by atoms with van der Waals surface area (Å²) in [5, 5.41) is 9.18. The number of carboxylic acids is 1. The Balaban J connectivity index is 2.40. The van der Waals surface area contributed by atoms with Gasteiger partial charge < -0.3 is 5.11 Å². The fourth-order valence-corrected chi connectivity index (χ4v) is 3.07. The van der Waals surface area contributed by atoms with Crippen LogP contribution in [0.3, 0.4) is 0 Å². The van der Waals surface area contributed by atoms with Gasteiger partial charge in [0.25, 0.3) is 0 Å². The van der Waals surface area contributed by atoms with Crippen molar-refractivity contribution in [1.82, 2.24) is 0 Å². The van der Waals surface area contributed by atoms with Crippen molar-refractivity contribution in [2.24, 2.45) is 0 Å². The quantitative estimate of drug-likeness (QED) is 0.918. The van der Waals surface area contributed by atoms with E-state index in [0.717, 1.165) is 9.79 Å². The van der Waals surface area contributed by atoms with Crippen LogP contribution in [0, 0.1) is 0 Å². The SMILES string of the molecule is O=C(O)c1c(Br)cccc1Sc1ccccc1. The average molecular weight is 309 g/mol. The van der Waals surface area contributed by atoms with Crippen LogP contribution in [0.25, 0.3) is 0 Å². The molecule has 0 bridgehead atoms. The molecule has 0 spiro atoms. The highest BCUT2D eigenvalue weighted by molar-refractivity contribution is 9.10. The highest BCUT2D eigenvalue weighted by atomic mass is 79.9. The Kier molecular flexibility index (Phi) is 3.86. The van der Waals surface area contributed by atoms with Crippen LogP contribution < -0.4 is 0 Å². The average Bonchev–Trinajstić information content (AvgIpc) is 2.30. The summed E-state index contributed by atoms with van der Waals surface area (Å²) >= 11 is 4.71. The fraction of sp³-hybridized carbons (Fsp3) is 0. The molecule has 0 aliphatic carbocycles. The van der Waals surface area contributed by atoms with Crippen LogP contribution in [0.2, 0.25) is 0 Å². The maximum atomic E-state index is 11.2. The van der Waals surface area contributed by atoms with Crippen molar-refractivity contribution in [1.29, 1.82) is 0 Å². The van der Waals surface area contributed by atoms with Gasteiger partial charge in [0.2, 0.25) is 0 Å². The van der Waals surface area contributed by atoms with E-state index >= 15 is 0 Å². The van der Waals surface area contributed by atoms with E-state index in [1.165, 1.54) is 11.8 Å². The molecule has 0 fully saturated rings. The molecule has 0 aromatic heterocycles. The molecule has 0 aliphatic heterocycles. The van der Waals surface area contributed by atoms with E-state index in [9.17, 15) is 9.90 Å². The first-order chi connectivity index (χ1) is 8.18. The largest absolute Gasteiger partial charge is 0.478 e. The Morgan fingerprint density at radius 3 is 2.41 bits per heavy atom. The van der Waals surface area contributed by atoms with Gasteiger partial charge in [0.05, 0.1) is 5.56 Å². The summed E-state index contributed by atoms with van der Waals surface area (Å²) in [4.78, 5) is 12.9. The summed E-state index contributed by atoms with van der Waals surface area (Å²) < 4.78 is 0.603. The molecule has 0 radical (unpaired) electrons. The molecule has 0 saturated carbocycles. The van der Waals surface area contributed by atoms with Crippen molar-refractivity contribution in [3.05, 3.63) is 58.6 Å². The molecule has 0 heterocycles. The number of halogens is 1. The lowest BCUT2D eigenvalue weighted by molar-refractivity contribution is 0.0692. The minimum Gasteiger partial charge on any atom is -0.478 e. The lowest BCUT2D eigenvalue weighted by atomic mass is 10.2. The second-order valence-corrected chi connectivity index (χ2v) is 5.30. The zero-order chi connectivity index (χ0) is 12.3. The first-order valence-corrected chi connectivity index (χ1v) is 6.54. The van der Waals surface area contributed by atoms with Gasteiger partial charge in [0.15, 0.2) is 0 Å². The van der Waals surface area contributed by atoms with E-state index in [1.807, 2.05) is 42.5 Å². The minimum absolute atomic E-state index is 0.307. The Morgan fingerprint density at radius 2 is 1.76 bits per heavy atom. The highest BCUT2D eigenvalue weighted by Crippen LogP contribution is 2.33. The van der Waals surface area contributed by atoms with Crippen LogP contribution >= 0.6 is 27.7 Å². The van der Waals surface area contributed by atoms with Crippen LogP contribution in [0.15, 0.2) is 62.8 Å². The van der Waals surface area contributed by atoms with Gasteiger partial charge in [-0.15, -0.1) is 0 Å². The van der Waals surface area contributed by atoms with E-state index in [-0.39, 0.29) is 0 Å². The topological polar surface area (TPSA) is 37.3 Å². The number of carbonyl (C=O) groups is 1. The maximum Gasteiger partial charge on any atom is 0.338 e. The molecule has 2 aromatic carbocycles. The first-order valence-electron chi connectivity index (χ1n) is 4.93. The molecule has 17 heavy (non-hydrogen) atoms. The third-order valence-electron chi connectivity index (χ3n) is 2.16. The van der Waals surface area contributed by atoms with E-state index in [2.05, 4.69) is 15.9 Å². The summed E-state index contributed by atoms with van der Waals surface area (Å²) in [6, 6.07) is 15.1. The number of hydrogen-bond acceptors (Lipinski definition) is 2. The Morgan fingerprint density at radius 1 is 1.06 bits per heavy atom. The van der Waals surface area contributed by atoms with Crippen molar-refractivity contribution in [2.45, 2.75) is 9.79 Å². The van der Waals surface area contributed by atoms with Gasteiger partial charge in [-0.25, -0.2) is 4.79 Å². The van der Waals surface area contributed by atoms with Crippen LogP contribution in [0.4, 0.5) is 0 Å². The van der Waals surface area contributed by atoms with Crippen LogP contribution in [-0.2, 0) is 0 Å². The van der Waals surface area contributed by atoms with E-state index in [4.69, 9.17) is 0 Å². The van der Waals surface area contributed by atoms with E-state index in [1.54, 1.807) is 6.07 Å². The molecule has 4 heteroatoms. The zero-order valence-corrected chi connectivity index (χ0v) is 11.2. The number of benzene rings is 2. The molecule has 0 aliphatic rings. The Hall–Kier alpha value is -1.26.